The van der Waals surface area contributed by atoms with Crippen LogP contribution >= 0.6 is 0 Å². The van der Waals surface area contributed by atoms with E-state index in [4.69, 9.17) is 15.1 Å². The second-order valence-electron chi connectivity index (χ2n) is 6.66. The minimum Gasteiger partial charge on any atom is -0.480 e. The van der Waals surface area contributed by atoms with Crippen LogP contribution in [-0.4, -0.2) is 36.2 Å². The summed E-state index contributed by atoms with van der Waals surface area (Å²) in [5.41, 5.74) is 7.99. The van der Waals surface area contributed by atoms with E-state index in [1.807, 2.05) is 6.07 Å². The van der Waals surface area contributed by atoms with Gasteiger partial charge in [0.05, 0.1) is 19.0 Å². The first-order chi connectivity index (χ1) is 12.6. The lowest BCUT2D eigenvalue weighted by atomic mass is 9.92. The number of esters is 1. The topological polar surface area (TPSA) is 125 Å². The minimum absolute atomic E-state index is 0.143. The standard InChI is InChI=1S/C18H26N2O2.C2H5NO2/c1-12(2)15-8-6-9-16(13(3)4)17(15)20-14(5)18(21)22-11-7-10-19;3-1-2(4)5/h6,8-9,12-14,20H,7,11H2,1-5H3;1,3H2,(H,4,5)/t14-;/m0./s1. The van der Waals surface area contributed by atoms with Crippen molar-refractivity contribution in [3.8, 4) is 6.07 Å². The maximum atomic E-state index is 12.0. The minimum atomic E-state index is -0.968. The summed E-state index contributed by atoms with van der Waals surface area (Å²) in [7, 11) is 0. The Morgan fingerprint density at radius 1 is 1.19 bits per heavy atom. The molecule has 1 aromatic rings. The summed E-state index contributed by atoms with van der Waals surface area (Å²) in [6, 6.07) is 7.76. The molecule has 1 atom stereocenters. The Morgan fingerprint density at radius 2 is 1.67 bits per heavy atom. The molecule has 0 fully saturated rings. The first-order valence-corrected chi connectivity index (χ1v) is 9.00. The normalized spacial score (nSPS) is 11.2. The molecule has 0 aliphatic rings. The molecule has 0 aromatic heterocycles. The maximum absolute atomic E-state index is 12.0. The van der Waals surface area contributed by atoms with Gasteiger partial charge in [-0.2, -0.15) is 5.26 Å². The van der Waals surface area contributed by atoms with Crippen molar-refractivity contribution in [2.45, 2.75) is 58.9 Å². The first-order valence-electron chi connectivity index (χ1n) is 9.00. The van der Waals surface area contributed by atoms with Crippen molar-refractivity contribution in [1.82, 2.24) is 0 Å². The molecule has 1 rings (SSSR count). The van der Waals surface area contributed by atoms with Crippen LogP contribution in [0.25, 0.3) is 0 Å². The Morgan fingerprint density at radius 3 is 2.04 bits per heavy atom. The third kappa shape index (κ3) is 9.06. The number of carboxylic acid groups (broad SMARTS) is 1. The number of para-hydroxylation sites is 1. The number of nitrogens with two attached hydrogens (primary N) is 1. The molecule has 0 radical (unpaired) electrons. The molecular weight excluding hydrogens is 346 g/mol. The molecule has 0 saturated carbocycles. The van der Waals surface area contributed by atoms with Crippen LogP contribution < -0.4 is 11.1 Å². The van der Waals surface area contributed by atoms with Crippen molar-refractivity contribution in [3.05, 3.63) is 29.3 Å². The van der Waals surface area contributed by atoms with Crippen molar-refractivity contribution in [2.24, 2.45) is 5.73 Å². The molecule has 1 aromatic carbocycles. The number of carboxylic acids is 1. The predicted octanol–water partition coefficient (Wildman–Crippen LogP) is 3.22. The highest BCUT2D eigenvalue weighted by molar-refractivity contribution is 5.80. The Bertz CT molecular complexity index is 625. The van der Waals surface area contributed by atoms with Gasteiger partial charge < -0.3 is 20.9 Å². The molecule has 0 unspecified atom stereocenters. The molecule has 0 amide bonds. The Kier molecular flexibility index (Phi) is 11.5. The van der Waals surface area contributed by atoms with E-state index in [0.717, 1.165) is 5.69 Å². The van der Waals surface area contributed by atoms with Crippen LogP contribution in [0.2, 0.25) is 0 Å². The van der Waals surface area contributed by atoms with Gasteiger partial charge in [0.15, 0.2) is 0 Å². The van der Waals surface area contributed by atoms with E-state index in [1.165, 1.54) is 11.1 Å². The molecule has 0 spiro atoms. The Hall–Kier alpha value is -2.59. The number of carbonyl (C=O) groups is 2. The number of nitrogens with one attached hydrogen (secondary N) is 1. The highest BCUT2D eigenvalue weighted by atomic mass is 16.5. The average molecular weight is 377 g/mol. The van der Waals surface area contributed by atoms with Gasteiger partial charge in [-0.15, -0.1) is 0 Å². The van der Waals surface area contributed by atoms with Crippen LogP contribution in [0.4, 0.5) is 5.69 Å². The van der Waals surface area contributed by atoms with Crippen molar-refractivity contribution in [1.29, 1.82) is 5.26 Å². The summed E-state index contributed by atoms with van der Waals surface area (Å²) >= 11 is 0. The summed E-state index contributed by atoms with van der Waals surface area (Å²) in [6.07, 6.45) is 0.221. The number of hydrogen-bond donors (Lipinski definition) is 3. The van der Waals surface area contributed by atoms with Crippen molar-refractivity contribution >= 4 is 17.6 Å². The van der Waals surface area contributed by atoms with Crippen LogP contribution in [0.1, 0.15) is 64.0 Å². The number of nitriles is 1. The fourth-order valence-electron chi connectivity index (χ4n) is 2.32. The molecule has 7 heteroatoms. The summed E-state index contributed by atoms with van der Waals surface area (Å²) in [4.78, 5) is 21.2. The third-order valence-electron chi connectivity index (χ3n) is 3.72. The Balaban J connectivity index is 0.00000119. The van der Waals surface area contributed by atoms with Gasteiger partial charge in [-0.1, -0.05) is 45.9 Å². The SMILES string of the molecule is CC(C)c1cccc(C(C)C)c1N[C@@H](C)C(=O)OCCC#N.NCC(=O)O. The van der Waals surface area contributed by atoms with Gasteiger partial charge in [0, 0.05) is 5.69 Å². The highest BCUT2D eigenvalue weighted by Crippen LogP contribution is 2.32. The second kappa shape index (κ2) is 12.7. The number of nitrogens with zero attached hydrogens (tertiary/aromatic N) is 1. The van der Waals surface area contributed by atoms with Crippen LogP contribution in [0.3, 0.4) is 0 Å². The summed E-state index contributed by atoms with van der Waals surface area (Å²) < 4.78 is 5.09. The molecule has 4 N–H and O–H groups in total. The molecule has 0 heterocycles. The monoisotopic (exact) mass is 377 g/mol. The molecule has 0 bridgehead atoms. The highest BCUT2D eigenvalue weighted by Gasteiger charge is 2.19. The number of rotatable bonds is 8. The van der Waals surface area contributed by atoms with E-state index < -0.39 is 12.0 Å². The zero-order valence-electron chi connectivity index (χ0n) is 16.8. The van der Waals surface area contributed by atoms with Crippen LogP contribution in [0.15, 0.2) is 18.2 Å². The van der Waals surface area contributed by atoms with E-state index in [1.54, 1.807) is 6.92 Å². The third-order valence-corrected chi connectivity index (χ3v) is 3.72. The average Bonchev–Trinajstić information content (AvgIpc) is 2.61. The van der Waals surface area contributed by atoms with Crippen LogP contribution in [-0.2, 0) is 14.3 Å². The molecule has 0 saturated heterocycles. The largest absolute Gasteiger partial charge is 0.480 e. The van der Waals surface area contributed by atoms with Crippen LogP contribution in [0, 0.1) is 11.3 Å². The lowest BCUT2D eigenvalue weighted by Gasteiger charge is -2.23. The lowest BCUT2D eigenvalue weighted by Crippen LogP contribution is -2.29. The molecule has 27 heavy (non-hydrogen) atoms. The second-order valence-corrected chi connectivity index (χ2v) is 6.66. The van der Waals surface area contributed by atoms with Gasteiger partial charge in [-0.05, 0) is 29.9 Å². The predicted molar refractivity (Wildman–Crippen MR) is 106 cm³/mol. The quantitative estimate of drug-likeness (QED) is 0.469. The molecule has 0 aliphatic heterocycles. The van der Waals surface area contributed by atoms with E-state index in [-0.39, 0.29) is 25.5 Å². The van der Waals surface area contributed by atoms with E-state index >= 15 is 0 Å². The van der Waals surface area contributed by atoms with Gasteiger partial charge in [0.2, 0.25) is 0 Å². The molecule has 0 aliphatic carbocycles. The zero-order chi connectivity index (χ0) is 21.0. The summed E-state index contributed by atoms with van der Waals surface area (Å²) in [5.74, 6) is -0.570. The van der Waals surface area contributed by atoms with Crippen molar-refractivity contribution in [2.75, 3.05) is 18.5 Å². The molecular formula is C20H31N3O4. The van der Waals surface area contributed by atoms with Gasteiger partial charge in [0.25, 0.3) is 0 Å². The van der Waals surface area contributed by atoms with Crippen LogP contribution in [0.5, 0.6) is 0 Å². The van der Waals surface area contributed by atoms with Crippen molar-refractivity contribution < 1.29 is 19.4 Å². The van der Waals surface area contributed by atoms with Gasteiger partial charge in [0.1, 0.15) is 12.6 Å². The zero-order valence-corrected chi connectivity index (χ0v) is 16.8. The summed E-state index contributed by atoms with van der Waals surface area (Å²) in [5, 5.41) is 19.4. The fourth-order valence-corrected chi connectivity index (χ4v) is 2.32. The molecule has 7 nitrogen and oxygen atoms in total. The smallest absolute Gasteiger partial charge is 0.328 e. The number of anilines is 1. The fraction of sp³-hybridized carbons (Fsp3) is 0.550. The number of aliphatic carboxylic acids is 1. The number of benzene rings is 1. The summed E-state index contributed by atoms with van der Waals surface area (Å²) in [6.45, 7) is 10.2. The van der Waals surface area contributed by atoms with Gasteiger partial charge >= 0.3 is 11.9 Å². The maximum Gasteiger partial charge on any atom is 0.328 e. The molecule has 150 valence electrons. The van der Waals surface area contributed by atoms with Gasteiger partial charge in [-0.25, -0.2) is 4.79 Å². The number of ether oxygens (including phenoxy) is 1. The van der Waals surface area contributed by atoms with Crippen molar-refractivity contribution in [3.63, 3.8) is 0 Å². The number of carbonyl (C=O) groups excluding carboxylic acids is 1. The van der Waals surface area contributed by atoms with Gasteiger partial charge in [-0.3, -0.25) is 4.79 Å². The van der Waals surface area contributed by atoms with E-state index in [0.29, 0.717) is 11.8 Å². The van der Waals surface area contributed by atoms with E-state index in [9.17, 15) is 9.59 Å². The Labute approximate surface area is 161 Å². The lowest BCUT2D eigenvalue weighted by molar-refractivity contribution is -0.144. The number of hydrogen-bond acceptors (Lipinski definition) is 6. The van der Waals surface area contributed by atoms with E-state index in [2.05, 4.69) is 56.9 Å². The first kappa shape index (κ1) is 24.4.